The van der Waals surface area contributed by atoms with Gasteiger partial charge in [0.2, 0.25) is 0 Å². The van der Waals surface area contributed by atoms with Crippen LogP contribution in [0, 0.1) is 0 Å². The summed E-state index contributed by atoms with van der Waals surface area (Å²) in [5.74, 6) is 0. The maximum absolute atomic E-state index is 11.7. The maximum Gasteiger partial charge on any atom is 0.264 e. The molecule has 0 unspecified atom stereocenters. The summed E-state index contributed by atoms with van der Waals surface area (Å²) in [5, 5.41) is 0. The van der Waals surface area contributed by atoms with E-state index in [2.05, 4.69) is 0 Å². The average molecular weight is 504 g/mol. The van der Waals surface area contributed by atoms with Crippen LogP contribution in [0.2, 0.25) is 0 Å². The molecular formula is C25H29NO6S2. The fourth-order valence-corrected chi connectivity index (χ4v) is 4.89. The number of hydrogen-bond acceptors (Lipinski definition) is 7. The summed E-state index contributed by atoms with van der Waals surface area (Å²) in [6, 6.07) is 29.4. The van der Waals surface area contributed by atoms with Gasteiger partial charge in [0.1, 0.15) is 0 Å². The van der Waals surface area contributed by atoms with Crippen molar-refractivity contribution in [2.75, 3.05) is 38.8 Å². The highest BCUT2D eigenvalue weighted by molar-refractivity contribution is 7.86. The standard InChI is InChI=1S/C25H29NO6S2/c1-33(27,28)31-20-18-26(19-21-32-34(2,29)30)25(22-12-6-3-7-13-22,23-14-8-4-9-15-23)24-16-10-5-11-17-24/h3-17H,18-21H2,1-2H3. The smallest absolute Gasteiger partial charge is 0.264 e. The third-order valence-corrected chi connectivity index (χ3v) is 6.56. The van der Waals surface area contributed by atoms with E-state index in [1.165, 1.54) is 0 Å². The van der Waals surface area contributed by atoms with Crippen LogP contribution in [-0.2, 0) is 34.1 Å². The van der Waals surface area contributed by atoms with E-state index in [9.17, 15) is 16.8 Å². The Morgan fingerprint density at radius 1 is 0.588 bits per heavy atom. The molecule has 0 saturated heterocycles. The van der Waals surface area contributed by atoms with Crippen LogP contribution in [0.5, 0.6) is 0 Å². The molecule has 182 valence electrons. The summed E-state index contributed by atoms with van der Waals surface area (Å²) in [5.41, 5.74) is 1.94. The van der Waals surface area contributed by atoms with Gasteiger partial charge >= 0.3 is 0 Å². The number of hydrogen-bond donors (Lipinski definition) is 0. The maximum atomic E-state index is 11.7. The third-order valence-electron chi connectivity index (χ3n) is 5.37. The highest BCUT2D eigenvalue weighted by Crippen LogP contribution is 2.42. The van der Waals surface area contributed by atoms with Gasteiger partial charge in [-0.05, 0) is 16.7 Å². The van der Waals surface area contributed by atoms with E-state index in [1.54, 1.807) is 0 Å². The van der Waals surface area contributed by atoms with Crippen LogP contribution >= 0.6 is 0 Å². The molecule has 0 atom stereocenters. The van der Waals surface area contributed by atoms with Crippen molar-refractivity contribution in [3.8, 4) is 0 Å². The average Bonchev–Trinajstić information content (AvgIpc) is 2.80. The first kappa shape index (κ1) is 26.1. The zero-order valence-corrected chi connectivity index (χ0v) is 20.8. The largest absolute Gasteiger partial charge is 0.281 e. The first-order valence-electron chi connectivity index (χ1n) is 10.7. The van der Waals surface area contributed by atoms with Gasteiger partial charge < -0.3 is 0 Å². The minimum absolute atomic E-state index is 0.105. The van der Waals surface area contributed by atoms with Crippen molar-refractivity contribution in [1.29, 1.82) is 0 Å². The van der Waals surface area contributed by atoms with Gasteiger partial charge in [-0.2, -0.15) is 16.8 Å². The molecule has 3 aromatic rings. The predicted octanol–water partition coefficient (Wildman–Crippen LogP) is 3.23. The van der Waals surface area contributed by atoms with E-state index in [1.807, 2.05) is 95.9 Å². The summed E-state index contributed by atoms with van der Waals surface area (Å²) in [7, 11) is -7.31. The minimum atomic E-state index is -3.66. The van der Waals surface area contributed by atoms with Crippen LogP contribution in [0.1, 0.15) is 16.7 Å². The molecule has 0 N–H and O–H groups in total. The minimum Gasteiger partial charge on any atom is -0.281 e. The molecule has 0 spiro atoms. The summed E-state index contributed by atoms with van der Waals surface area (Å²) in [6.07, 6.45) is 2.01. The summed E-state index contributed by atoms with van der Waals surface area (Å²) < 4.78 is 56.9. The Morgan fingerprint density at radius 3 is 1.15 bits per heavy atom. The van der Waals surface area contributed by atoms with Gasteiger partial charge in [0.05, 0.1) is 31.3 Å². The van der Waals surface area contributed by atoms with Gasteiger partial charge in [-0.3, -0.25) is 13.3 Å². The van der Waals surface area contributed by atoms with Crippen molar-refractivity contribution in [3.63, 3.8) is 0 Å². The molecule has 0 aliphatic carbocycles. The molecule has 0 aliphatic rings. The van der Waals surface area contributed by atoms with Crippen molar-refractivity contribution < 1.29 is 25.2 Å². The van der Waals surface area contributed by atoms with E-state index in [4.69, 9.17) is 8.37 Å². The van der Waals surface area contributed by atoms with Crippen molar-refractivity contribution in [2.24, 2.45) is 0 Å². The molecule has 0 fully saturated rings. The molecule has 0 saturated carbocycles. The summed E-state index contributed by atoms with van der Waals surface area (Å²) >= 11 is 0. The molecule has 3 rings (SSSR count). The van der Waals surface area contributed by atoms with E-state index in [0.717, 1.165) is 29.2 Å². The van der Waals surface area contributed by atoms with Crippen molar-refractivity contribution in [1.82, 2.24) is 4.90 Å². The molecule has 7 nitrogen and oxygen atoms in total. The Bertz CT molecular complexity index is 1110. The Labute approximate surface area is 202 Å². The third kappa shape index (κ3) is 6.74. The lowest BCUT2D eigenvalue weighted by molar-refractivity contribution is 0.110. The molecule has 0 radical (unpaired) electrons. The molecular weight excluding hydrogens is 474 g/mol. The van der Waals surface area contributed by atoms with E-state index in [-0.39, 0.29) is 26.3 Å². The second-order valence-corrected chi connectivity index (χ2v) is 11.1. The van der Waals surface area contributed by atoms with Gasteiger partial charge in [0, 0.05) is 13.1 Å². The first-order chi connectivity index (χ1) is 16.1. The molecule has 0 bridgehead atoms. The zero-order chi connectivity index (χ0) is 24.7. The SMILES string of the molecule is CS(=O)(=O)OCCN(CCOS(C)(=O)=O)C(c1ccccc1)(c1ccccc1)c1ccccc1. The molecule has 0 aliphatic heterocycles. The van der Waals surface area contributed by atoms with Gasteiger partial charge in [-0.1, -0.05) is 91.0 Å². The fourth-order valence-electron chi connectivity index (χ4n) is 4.13. The molecule has 0 heterocycles. The zero-order valence-electron chi connectivity index (χ0n) is 19.2. The molecule has 3 aromatic carbocycles. The van der Waals surface area contributed by atoms with Gasteiger partial charge in [0.15, 0.2) is 0 Å². The predicted molar refractivity (Wildman–Crippen MR) is 132 cm³/mol. The molecule has 34 heavy (non-hydrogen) atoms. The Kier molecular flexibility index (Phi) is 8.62. The number of nitrogens with zero attached hydrogens (tertiary/aromatic N) is 1. The quantitative estimate of drug-likeness (QED) is 0.277. The highest BCUT2D eigenvalue weighted by Gasteiger charge is 2.42. The van der Waals surface area contributed by atoms with Crippen molar-refractivity contribution >= 4 is 20.2 Å². The van der Waals surface area contributed by atoms with Gasteiger partial charge in [-0.25, -0.2) is 0 Å². The Balaban J connectivity index is 2.21. The Hall–Kier alpha value is -2.56. The van der Waals surface area contributed by atoms with Crippen LogP contribution in [0.3, 0.4) is 0 Å². The molecule has 0 aromatic heterocycles. The number of rotatable bonds is 12. The van der Waals surface area contributed by atoms with Crippen LogP contribution in [0.4, 0.5) is 0 Å². The number of benzene rings is 3. The van der Waals surface area contributed by atoms with E-state index < -0.39 is 25.8 Å². The first-order valence-corrected chi connectivity index (χ1v) is 14.4. The van der Waals surface area contributed by atoms with Crippen molar-refractivity contribution in [3.05, 3.63) is 108 Å². The van der Waals surface area contributed by atoms with Crippen molar-refractivity contribution in [2.45, 2.75) is 5.54 Å². The summed E-state index contributed by atoms with van der Waals surface area (Å²) in [6.45, 7) is 0.176. The van der Waals surface area contributed by atoms with E-state index in [0.29, 0.717) is 0 Å². The molecule has 0 amide bonds. The van der Waals surface area contributed by atoms with Gasteiger partial charge in [0.25, 0.3) is 20.2 Å². The summed E-state index contributed by atoms with van der Waals surface area (Å²) in [4.78, 5) is 2.00. The van der Waals surface area contributed by atoms with E-state index >= 15 is 0 Å². The van der Waals surface area contributed by atoms with Crippen LogP contribution in [0.15, 0.2) is 91.0 Å². The lowest BCUT2D eigenvalue weighted by Gasteiger charge is -2.45. The molecule has 9 heteroatoms. The van der Waals surface area contributed by atoms with Crippen LogP contribution in [-0.4, -0.2) is 60.6 Å². The lowest BCUT2D eigenvalue weighted by atomic mass is 9.75. The van der Waals surface area contributed by atoms with Crippen LogP contribution in [0.25, 0.3) is 0 Å². The Morgan fingerprint density at radius 2 is 0.882 bits per heavy atom. The lowest BCUT2D eigenvalue weighted by Crippen LogP contribution is -2.51. The topological polar surface area (TPSA) is 90.0 Å². The second kappa shape index (κ2) is 11.2. The second-order valence-electron chi connectivity index (χ2n) is 7.85. The monoisotopic (exact) mass is 503 g/mol. The van der Waals surface area contributed by atoms with Crippen LogP contribution < -0.4 is 0 Å². The fraction of sp³-hybridized carbons (Fsp3) is 0.280. The normalized spacial score (nSPS) is 12.7. The highest BCUT2D eigenvalue weighted by atomic mass is 32.2. The van der Waals surface area contributed by atoms with Gasteiger partial charge in [-0.15, -0.1) is 0 Å².